The van der Waals surface area contributed by atoms with E-state index < -0.39 is 0 Å². The standard InChI is InChI=1S/C15H21N3O2/c1-11-4-3-6-16-12(11)8-18-7-5-14-13(9-18)17(2)15(19)10-20-14/h3-4,6,13-14H,5,7-10H2,1-2H3/t13-,14+/m0/s1. The second-order valence-electron chi connectivity index (χ2n) is 5.71. The van der Waals surface area contributed by atoms with Crippen LogP contribution in [0.2, 0.25) is 0 Å². The van der Waals surface area contributed by atoms with Crippen molar-refractivity contribution in [1.29, 1.82) is 0 Å². The number of pyridine rings is 1. The normalized spacial score (nSPS) is 27.5. The lowest BCUT2D eigenvalue weighted by atomic mass is 9.98. The highest BCUT2D eigenvalue weighted by atomic mass is 16.5. The molecule has 2 saturated heterocycles. The maximum atomic E-state index is 11.7. The largest absolute Gasteiger partial charge is 0.366 e. The molecule has 0 aliphatic carbocycles. The van der Waals surface area contributed by atoms with Gasteiger partial charge in [-0.1, -0.05) is 6.07 Å². The molecule has 0 unspecified atom stereocenters. The lowest BCUT2D eigenvalue weighted by Crippen LogP contribution is -2.60. The number of piperidine rings is 1. The lowest BCUT2D eigenvalue weighted by molar-refractivity contribution is -0.160. The van der Waals surface area contributed by atoms with E-state index in [1.165, 1.54) is 5.56 Å². The van der Waals surface area contributed by atoms with Gasteiger partial charge in [0.2, 0.25) is 5.91 Å². The summed E-state index contributed by atoms with van der Waals surface area (Å²) in [4.78, 5) is 20.4. The van der Waals surface area contributed by atoms with E-state index in [0.29, 0.717) is 0 Å². The van der Waals surface area contributed by atoms with Crippen molar-refractivity contribution in [2.24, 2.45) is 0 Å². The molecular formula is C15H21N3O2. The fourth-order valence-corrected chi connectivity index (χ4v) is 3.05. The average Bonchev–Trinajstić information content (AvgIpc) is 2.46. The molecule has 0 aromatic carbocycles. The van der Waals surface area contributed by atoms with Crippen molar-refractivity contribution in [3.05, 3.63) is 29.6 Å². The Morgan fingerprint density at radius 2 is 2.35 bits per heavy atom. The van der Waals surface area contributed by atoms with E-state index in [1.807, 2.05) is 24.2 Å². The van der Waals surface area contributed by atoms with E-state index in [4.69, 9.17) is 4.74 Å². The average molecular weight is 275 g/mol. The number of hydrogen-bond donors (Lipinski definition) is 0. The third kappa shape index (κ3) is 2.55. The molecule has 3 heterocycles. The van der Waals surface area contributed by atoms with Crippen LogP contribution < -0.4 is 0 Å². The maximum Gasteiger partial charge on any atom is 0.248 e. The molecule has 1 amide bonds. The zero-order valence-corrected chi connectivity index (χ0v) is 12.1. The molecule has 0 saturated carbocycles. The van der Waals surface area contributed by atoms with Gasteiger partial charge in [0.25, 0.3) is 0 Å². The minimum Gasteiger partial charge on any atom is -0.366 e. The van der Waals surface area contributed by atoms with Crippen molar-refractivity contribution >= 4 is 5.91 Å². The van der Waals surface area contributed by atoms with Gasteiger partial charge >= 0.3 is 0 Å². The molecule has 0 bridgehead atoms. The number of aryl methyl sites for hydroxylation is 1. The number of morpholine rings is 1. The van der Waals surface area contributed by atoms with Crippen LogP contribution in [0.25, 0.3) is 0 Å². The molecule has 0 N–H and O–H groups in total. The number of likely N-dealkylation sites (tertiary alicyclic amines) is 1. The molecule has 3 rings (SSSR count). The van der Waals surface area contributed by atoms with Gasteiger partial charge < -0.3 is 9.64 Å². The van der Waals surface area contributed by atoms with Gasteiger partial charge in [-0.05, 0) is 25.0 Å². The molecule has 1 aromatic rings. The number of hydrogen-bond acceptors (Lipinski definition) is 4. The zero-order chi connectivity index (χ0) is 14.1. The van der Waals surface area contributed by atoms with Crippen LogP contribution >= 0.6 is 0 Å². The number of nitrogens with zero attached hydrogens (tertiary/aromatic N) is 3. The number of likely N-dealkylation sites (N-methyl/N-ethyl adjacent to an activating group) is 1. The van der Waals surface area contributed by atoms with Crippen LogP contribution in [0, 0.1) is 6.92 Å². The number of aromatic nitrogens is 1. The van der Waals surface area contributed by atoms with Crippen molar-refractivity contribution in [3.8, 4) is 0 Å². The number of carbonyl (C=O) groups excluding carboxylic acids is 1. The molecule has 2 fully saturated rings. The summed E-state index contributed by atoms with van der Waals surface area (Å²) in [5.74, 6) is 0.0853. The Morgan fingerprint density at radius 3 is 3.15 bits per heavy atom. The summed E-state index contributed by atoms with van der Waals surface area (Å²) in [5, 5.41) is 0. The number of amides is 1. The highest BCUT2D eigenvalue weighted by molar-refractivity contribution is 5.78. The van der Waals surface area contributed by atoms with E-state index in [2.05, 4.69) is 22.9 Å². The van der Waals surface area contributed by atoms with Crippen molar-refractivity contribution < 1.29 is 9.53 Å². The zero-order valence-electron chi connectivity index (χ0n) is 12.1. The summed E-state index contributed by atoms with van der Waals surface area (Å²) in [5.41, 5.74) is 2.34. The second kappa shape index (κ2) is 5.50. The molecule has 5 nitrogen and oxygen atoms in total. The van der Waals surface area contributed by atoms with Gasteiger partial charge in [-0.25, -0.2) is 0 Å². The number of carbonyl (C=O) groups is 1. The summed E-state index contributed by atoms with van der Waals surface area (Å²) in [6, 6.07) is 4.23. The number of fused-ring (bicyclic) bond motifs is 1. The van der Waals surface area contributed by atoms with Crippen LogP contribution in [-0.4, -0.2) is 59.6 Å². The van der Waals surface area contributed by atoms with Crippen molar-refractivity contribution in [2.45, 2.75) is 32.0 Å². The summed E-state index contributed by atoms with van der Waals surface area (Å²) in [6.07, 6.45) is 3.02. The summed E-state index contributed by atoms with van der Waals surface area (Å²) in [6.45, 7) is 5.03. The number of rotatable bonds is 2. The summed E-state index contributed by atoms with van der Waals surface area (Å²) >= 11 is 0. The molecule has 0 radical (unpaired) electrons. The van der Waals surface area contributed by atoms with E-state index in [1.54, 1.807) is 0 Å². The quantitative estimate of drug-likeness (QED) is 0.802. The van der Waals surface area contributed by atoms with Gasteiger partial charge in [-0.2, -0.15) is 0 Å². The van der Waals surface area contributed by atoms with E-state index in [-0.39, 0.29) is 24.7 Å². The van der Waals surface area contributed by atoms with Gasteiger partial charge in [0.1, 0.15) is 6.61 Å². The lowest BCUT2D eigenvalue weighted by Gasteiger charge is -2.45. The summed E-state index contributed by atoms with van der Waals surface area (Å²) in [7, 11) is 1.89. The van der Waals surface area contributed by atoms with Gasteiger partial charge in [-0.3, -0.25) is 14.7 Å². The first-order valence-corrected chi connectivity index (χ1v) is 7.15. The SMILES string of the molecule is Cc1cccnc1CN1CC[C@H]2OCC(=O)N(C)[C@H]2C1. The molecule has 2 atom stereocenters. The topological polar surface area (TPSA) is 45.7 Å². The van der Waals surface area contributed by atoms with Crippen LogP contribution in [0.1, 0.15) is 17.7 Å². The van der Waals surface area contributed by atoms with Crippen LogP contribution in [0.5, 0.6) is 0 Å². The van der Waals surface area contributed by atoms with Gasteiger partial charge in [0, 0.05) is 32.9 Å². The van der Waals surface area contributed by atoms with E-state index in [0.717, 1.165) is 31.7 Å². The summed E-state index contributed by atoms with van der Waals surface area (Å²) < 4.78 is 5.65. The minimum absolute atomic E-state index is 0.0853. The smallest absolute Gasteiger partial charge is 0.248 e. The highest BCUT2D eigenvalue weighted by Gasteiger charge is 2.38. The Morgan fingerprint density at radius 1 is 1.50 bits per heavy atom. The Bertz CT molecular complexity index is 506. The predicted octanol–water partition coefficient (Wildman–Crippen LogP) is 0.822. The molecule has 0 spiro atoms. The third-order valence-electron chi connectivity index (χ3n) is 4.41. The van der Waals surface area contributed by atoms with Crippen LogP contribution in [0.3, 0.4) is 0 Å². The molecule has 20 heavy (non-hydrogen) atoms. The molecule has 2 aliphatic rings. The Kier molecular flexibility index (Phi) is 3.72. The Hall–Kier alpha value is -1.46. The van der Waals surface area contributed by atoms with Crippen LogP contribution in [0.15, 0.2) is 18.3 Å². The molecule has 108 valence electrons. The monoisotopic (exact) mass is 275 g/mol. The van der Waals surface area contributed by atoms with E-state index >= 15 is 0 Å². The Balaban J connectivity index is 1.68. The second-order valence-corrected chi connectivity index (χ2v) is 5.71. The van der Waals surface area contributed by atoms with Gasteiger partial charge in [-0.15, -0.1) is 0 Å². The van der Waals surface area contributed by atoms with Gasteiger partial charge in [0.05, 0.1) is 17.8 Å². The fourth-order valence-electron chi connectivity index (χ4n) is 3.05. The molecule has 5 heteroatoms. The van der Waals surface area contributed by atoms with Crippen molar-refractivity contribution in [2.75, 3.05) is 26.7 Å². The predicted molar refractivity (Wildman–Crippen MR) is 75.2 cm³/mol. The third-order valence-corrected chi connectivity index (χ3v) is 4.41. The minimum atomic E-state index is 0.0853. The van der Waals surface area contributed by atoms with Crippen LogP contribution in [0.4, 0.5) is 0 Å². The molecular weight excluding hydrogens is 254 g/mol. The van der Waals surface area contributed by atoms with Crippen LogP contribution in [-0.2, 0) is 16.1 Å². The first-order chi connectivity index (χ1) is 9.65. The van der Waals surface area contributed by atoms with E-state index in [9.17, 15) is 4.79 Å². The fraction of sp³-hybridized carbons (Fsp3) is 0.600. The van der Waals surface area contributed by atoms with Crippen molar-refractivity contribution in [3.63, 3.8) is 0 Å². The first-order valence-electron chi connectivity index (χ1n) is 7.15. The molecule has 1 aromatic heterocycles. The van der Waals surface area contributed by atoms with Crippen molar-refractivity contribution in [1.82, 2.24) is 14.8 Å². The maximum absolute atomic E-state index is 11.7. The highest BCUT2D eigenvalue weighted by Crippen LogP contribution is 2.23. The first kappa shape index (κ1) is 13.5. The number of ether oxygens (including phenoxy) is 1. The van der Waals surface area contributed by atoms with Gasteiger partial charge in [0.15, 0.2) is 0 Å². The Labute approximate surface area is 119 Å². The molecule has 2 aliphatic heterocycles.